The molecule has 0 nitrogen and oxygen atoms in total. The molecule has 0 bridgehead atoms. The summed E-state index contributed by atoms with van der Waals surface area (Å²) in [6, 6.07) is 0. The standard InChI is InChI=1S/2C9H13.2CH3.2ClH.H2Si.Zr/c2*1-2-3-6-9-7-4-5-8-9;;;;;;/h2*4,7H,2-3,5-6H2,1H3;2*1H3;2*1H;1H2;/q4*-1;;;;. The van der Waals surface area contributed by atoms with Crippen LogP contribution in [0.2, 0.25) is 0 Å². The zero-order valence-electron chi connectivity index (χ0n) is 16.0. The second kappa shape index (κ2) is 28.4. The van der Waals surface area contributed by atoms with Crippen molar-refractivity contribution in [3.63, 3.8) is 0 Å². The van der Waals surface area contributed by atoms with E-state index in [9.17, 15) is 0 Å². The third kappa shape index (κ3) is 20.7. The summed E-state index contributed by atoms with van der Waals surface area (Å²) in [5.74, 6) is 0. The molecule has 0 aromatic heterocycles. The van der Waals surface area contributed by atoms with Crippen LogP contribution in [0.25, 0.3) is 0 Å². The van der Waals surface area contributed by atoms with Crippen LogP contribution in [-0.2, 0) is 23.3 Å². The molecule has 2 aliphatic rings. The van der Waals surface area contributed by atoms with E-state index in [-0.39, 0.29) is 39.7 Å². The van der Waals surface area contributed by atoms with Crippen molar-refractivity contribution in [2.45, 2.75) is 65.2 Å². The molecule has 0 saturated carbocycles. The van der Waals surface area contributed by atoms with Gasteiger partial charge in [0, 0.05) is 0 Å². The fourth-order valence-corrected chi connectivity index (χ4v) is 1.98. The average Bonchev–Trinajstić information content (AvgIpc) is 3.19. The molecular formula is C20H36Cl2SiZr-4. The van der Waals surface area contributed by atoms with Crippen molar-refractivity contribution in [2.75, 3.05) is 0 Å². The van der Waals surface area contributed by atoms with E-state index < -0.39 is 0 Å². The van der Waals surface area contributed by atoms with Gasteiger partial charge < -0.3 is 14.9 Å². The van der Waals surface area contributed by atoms with Crippen LogP contribution in [0, 0.1) is 27.0 Å². The molecule has 0 amide bonds. The number of hydrogen-bond acceptors (Lipinski definition) is 0. The first kappa shape index (κ1) is 35.7. The molecule has 0 saturated heterocycles. The Morgan fingerprint density at radius 3 is 1.38 bits per heavy atom. The van der Waals surface area contributed by atoms with Crippen molar-refractivity contribution < 1.29 is 23.3 Å². The van der Waals surface area contributed by atoms with Crippen LogP contribution in [0.4, 0.5) is 0 Å². The number of allylic oxidation sites excluding steroid dienone is 8. The summed E-state index contributed by atoms with van der Waals surface area (Å²) < 4.78 is 0. The Kier molecular flexibility index (Phi) is 42.3. The second-order valence-electron chi connectivity index (χ2n) is 4.82. The van der Waals surface area contributed by atoms with Gasteiger partial charge in [-0.3, -0.25) is 12.2 Å². The molecule has 0 spiro atoms. The third-order valence-corrected chi connectivity index (χ3v) is 3.13. The monoisotopic (exact) mass is 464 g/mol. The quantitative estimate of drug-likeness (QED) is 0.307. The molecule has 0 radical (unpaired) electrons. The van der Waals surface area contributed by atoms with Crippen LogP contribution in [0.5, 0.6) is 0 Å². The number of hydrogen-bond donors (Lipinski definition) is 0. The molecule has 0 aliphatic heterocycles. The van der Waals surface area contributed by atoms with Gasteiger partial charge in [0.25, 0.3) is 0 Å². The van der Waals surface area contributed by atoms with Gasteiger partial charge in [0.05, 0.1) is 0 Å². The summed E-state index contributed by atoms with van der Waals surface area (Å²) >= 11 is 1.58. The van der Waals surface area contributed by atoms with Gasteiger partial charge in [-0.05, 0) is 0 Å². The van der Waals surface area contributed by atoms with Crippen molar-refractivity contribution in [3.8, 4) is 0 Å². The third-order valence-electron chi connectivity index (χ3n) is 3.13. The second-order valence-corrected chi connectivity index (χ2v) is 4.82. The molecule has 2 rings (SSSR count). The topological polar surface area (TPSA) is 0 Å². The summed E-state index contributed by atoms with van der Waals surface area (Å²) in [6.45, 7) is 6.39. The van der Waals surface area contributed by atoms with Gasteiger partial charge in [0.2, 0.25) is 0 Å². The molecule has 142 valence electrons. The summed E-state index contributed by atoms with van der Waals surface area (Å²) in [5.41, 5.74) is 2.83. The summed E-state index contributed by atoms with van der Waals surface area (Å²) in [7, 11) is 0. The van der Waals surface area contributed by atoms with Gasteiger partial charge in [-0.1, -0.05) is 52.4 Å². The molecule has 0 unspecified atom stereocenters. The van der Waals surface area contributed by atoms with Gasteiger partial charge in [-0.2, -0.15) is 12.2 Å². The summed E-state index contributed by atoms with van der Waals surface area (Å²) in [6.07, 6.45) is 25.1. The minimum absolute atomic E-state index is 0. The Morgan fingerprint density at radius 2 is 1.17 bits per heavy atom. The minimum atomic E-state index is 0. The Balaban J connectivity index is -0.0000000789. The van der Waals surface area contributed by atoms with E-state index in [0.29, 0.717) is 0 Å². The zero-order valence-corrected chi connectivity index (χ0v) is 21.5. The number of unbranched alkanes of at least 4 members (excludes halogenated alkanes) is 2. The van der Waals surface area contributed by atoms with Crippen molar-refractivity contribution in [1.29, 1.82) is 0 Å². The molecule has 2 aliphatic carbocycles. The predicted molar refractivity (Wildman–Crippen MR) is 116 cm³/mol. The molecule has 0 heterocycles. The first-order valence-corrected chi connectivity index (χ1v) is 13.7. The zero-order chi connectivity index (χ0) is 15.1. The molecule has 0 fully saturated rings. The Morgan fingerprint density at radius 1 is 0.833 bits per heavy atom. The van der Waals surface area contributed by atoms with E-state index in [1.807, 2.05) is 6.88 Å². The first-order chi connectivity index (χ1) is 9.86. The molecule has 0 atom stereocenters. The maximum atomic E-state index is 3.30. The van der Waals surface area contributed by atoms with E-state index in [2.05, 4.69) is 50.3 Å². The van der Waals surface area contributed by atoms with Crippen LogP contribution in [-0.4, -0.2) is 6.88 Å². The summed E-state index contributed by atoms with van der Waals surface area (Å²) in [4.78, 5) is 0. The molecule has 0 aromatic rings. The van der Waals surface area contributed by atoms with Crippen LogP contribution < -0.4 is 0 Å². The molecule has 0 aromatic carbocycles. The van der Waals surface area contributed by atoms with Crippen LogP contribution in [0.15, 0.2) is 35.5 Å². The van der Waals surface area contributed by atoms with E-state index >= 15 is 0 Å². The van der Waals surface area contributed by atoms with E-state index in [1.54, 1.807) is 23.3 Å². The Hall–Kier alpha value is 0.640. The van der Waals surface area contributed by atoms with E-state index in [0.717, 1.165) is 12.8 Å². The Bertz CT molecular complexity index is 327. The average molecular weight is 467 g/mol. The predicted octanol–water partition coefficient (Wildman–Crippen LogP) is 6.56. The SMILES string of the molecule is CCCCC1=[C-]CC=C1.CCCCC1=[C-]CC=C1.Cl.Cl.[CH3-].[CH3-].[SiH2]=[Zr]. The van der Waals surface area contributed by atoms with Gasteiger partial charge in [-0.25, -0.2) is 23.3 Å². The maximum absolute atomic E-state index is 3.30. The normalized spacial score (nSPS) is 12.4. The van der Waals surface area contributed by atoms with Crippen molar-refractivity contribution in [1.82, 2.24) is 0 Å². The van der Waals surface area contributed by atoms with Crippen molar-refractivity contribution in [3.05, 3.63) is 62.5 Å². The molecular weight excluding hydrogens is 430 g/mol. The first-order valence-electron chi connectivity index (χ1n) is 7.74. The fraction of sp³-hybridized carbons (Fsp3) is 0.500. The van der Waals surface area contributed by atoms with Crippen LogP contribution in [0.1, 0.15) is 65.2 Å². The van der Waals surface area contributed by atoms with Gasteiger partial charge >= 0.3 is 30.2 Å². The number of halogens is 2. The molecule has 24 heavy (non-hydrogen) atoms. The summed E-state index contributed by atoms with van der Waals surface area (Å²) in [5, 5.41) is 0. The van der Waals surface area contributed by atoms with Gasteiger partial charge in [0.15, 0.2) is 0 Å². The van der Waals surface area contributed by atoms with Crippen LogP contribution in [0.3, 0.4) is 0 Å². The van der Waals surface area contributed by atoms with Crippen LogP contribution >= 0.6 is 24.8 Å². The Labute approximate surface area is 181 Å². The molecule has 4 heteroatoms. The fourth-order valence-electron chi connectivity index (χ4n) is 1.98. The van der Waals surface area contributed by atoms with E-state index in [1.165, 1.54) is 49.7 Å². The van der Waals surface area contributed by atoms with E-state index in [4.69, 9.17) is 0 Å². The van der Waals surface area contributed by atoms with Gasteiger partial charge in [0.1, 0.15) is 0 Å². The van der Waals surface area contributed by atoms with Crippen molar-refractivity contribution >= 4 is 31.7 Å². The van der Waals surface area contributed by atoms with Gasteiger partial charge in [-0.15, -0.1) is 37.7 Å². The molecule has 0 N–H and O–H groups in total. The number of rotatable bonds is 6. The van der Waals surface area contributed by atoms with Crippen molar-refractivity contribution in [2.24, 2.45) is 0 Å².